The van der Waals surface area contributed by atoms with Gasteiger partial charge in [-0.05, 0) is 87.4 Å². The number of aliphatic hydroxyl groups is 2. The maximum Gasteiger partial charge on any atom is 0.418 e. The van der Waals surface area contributed by atoms with E-state index in [1.54, 1.807) is 41.6 Å². The van der Waals surface area contributed by atoms with Crippen molar-refractivity contribution in [2.45, 2.75) is 89.8 Å². The van der Waals surface area contributed by atoms with Crippen molar-refractivity contribution < 1.29 is 64.5 Å². The number of aromatic nitrogens is 7. The van der Waals surface area contributed by atoms with Crippen LogP contribution in [-0.2, 0) is 37.8 Å². The minimum absolute atomic E-state index is 0. The Morgan fingerprint density at radius 3 is 2.24 bits per heavy atom. The van der Waals surface area contributed by atoms with Crippen LogP contribution in [0.5, 0.6) is 5.75 Å². The number of pyridine rings is 1. The van der Waals surface area contributed by atoms with Crippen molar-refractivity contribution in [3.8, 4) is 11.4 Å². The Bertz CT molecular complexity index is 2900. The highest BCUT2D eigenvalue weighted by atomic mass is 35.5. The van der Waals surface area contributed by atoms with Crippen molar-refractivity contribution in [2.75, 3.05) is 61.1 Å². The van der Waals surface area contributed by atoms with Crippen molar-refractivity contribution in [2.24, 2.45) is 11.7 Å². The zero-order valence-corrected chi connectivity index (χ0v) is 42.5. The first-order valence-electron chi connectivity index (χ1n) is 24.2. The molecule has 0 radical (unpaired) electrons. The standard InChI is InChI=1S/C51H62F2N11O9.ClH/c1-6-45(33(2)65)64-49(68)63(31-57-64)41-12-10-39(11-13-41)59-20-22-60(23-21-59)40-14-16-42(17-15-40)70-26-36-25-51(72-27-36,43-18-9-38(52)24-44(43)53)29-62-32-61(30-56-62)35(4)73-50(69)58(5)47-37(8-7-19-55-47)28-71-48(67)46(54)34(3)66;/h7-19,24,30-36,45-46,65-66H,6,20-23,25-29,54H2,1-5H3;1H/q+1;/p-1/t33-,34+,35?,36+,45-,46-,51-;/m0./s1. The summed E-state index contributed by atoms with van der Waals surface area (Å²) in [6, 6.07) is 20.7. The molecule has 0 saturated carbocycles. The molecule has 0 spiro atoms. The van der Waals surface area contributed by atoms with Gasteiger partial charge in [-0.3, -0.25) is 9.69 Å². The number of halogens is 3. The topological polar surface area (TPSA) is 222 Å². The van der Waals surface area contributed by atoms with Gasteiger partial charge in [0.25, 0.3) is 6.33 Å². The van der Waals surface area contributed by atoms with E-state index in [4.69, 9.17) is 24.7 Å². The summed E-state index contributed by atoms with van der Waals surface area (Å²) in [5.41, 5.74) is 7.52. The Balaban J connectivity index is 0.00000800. The number of hydrogen-bond donors (Lipinski definition) is 3. The predicted octanol–water partition coefficient (Wildman–Crippen LogP) is 1.41. The molecule has 5 heterocycles. The molecule has 3 aromatic heterocycles. The number of benzene rings is 3. The molecule has 2 saturated heterocycles. The van der Waals surface area contributed by atoms with Crippen LogP contribution in [-0.4, -0.2) is 116 Å². The third-order valence-corrected chi connectivity index (χ3v) is 13.4. The zero-order chi connectivity index (χ0) is 52.0. The molecule has 1 amide bonds. The number of amides is 1. The lowest BCUT2D eigenvalue weighted by atomic mass is 9.87. The summed E-state index contributed by atoms with van der Waals surface area (Å²) in [4.78, 5) is 48.8. The minimum Gasteiger partial charge on any atom is -1.00 e. The Morgan fingerprint density at radius 1 is 0.946 bits per heavy atom. The van der Waals surface area contributed by atoms with Crippen LogP contribution in [0.4, 0.5) is 30.8 Å². The van der Waals surface area contributed by atoms with Gasteiger partial charge < -0.3 is 57.1 Å². The molecule has 6 aromatic rings. The lowest BCUT2D eigenvalue weighted by molar-refractivity contribution is -0.753. The number of hydrogen-bond acceptors (Lipinski definition) is 15. The predicted molar refractivity (Wildman–Crippen MR) is 263 cm³/mol. The molecule has 2 aliphatic heterocycles. The van der Waals surface area contributed by atoms with Crippen LogP contribution in [0.3, 0.4) is 0 Å². The summed E-state index contributed by atoms with van der Waals surface area (Å²) in [5.74, 6) is -1.62. The second kappa shape index (κ2) is 23.9. The van der Waals surface area contributed by atoms with Gasteiger partial charge in [0.1, 0.15) is 54.3 Å². The van der Waals surface area contributed by atoms with Gasteiger partial charge in [0.15, 0.2) is 0 Å². The molecule has 8 rings (SSSR count). The number of rotatable bonds is 19. The molecule has 0 aliphatic carbocycles. The lowest BCUT2D eigenvalue weighted by Crippen LogP contribution is -3.00. The van der Waals surface area contributed by atoms with Crippen LogP contribution < -0.4 is 47.8 Å². The smallest absolute Gasteiger partial charge is 0.418 e. The van der Waals surface area contributed by atoms with Crippen LogP contribution in [0.15, 0.2) is 109 Å². The third-order valence-electron chi connectivity index (χ3n) is 13.4. The monoisotopic (exact) mass is 1050 g/mol. The summed E-state index contributed by atoms with van der Waals surface area (Å²) in [6.07, 6.45) is 3.44. The number of anilines is 3. The van der Waals surface area contributed by atoms with Gasteiger partial charge in [-0.25, -0.2) is 32.6 Å². The van der Waals surface area contributed by atoms with E-state index >= 15 is 4.39 Å². The van der Waals surface area contributed by atoms with Crippen LogP contribution in [0.25, 0.3) is 5.69 Å². The van der Waals surface area contributed by atoms with Crippen molar-refractivity contribution in [1.29, 1.82) is 0 Å². The van der Waals surface area contributed by atoms with Gasteiger partial charge in [-0.1, -0.05) is 19.1 Å². The summed E-state index contributed by atoms with van der Waals surface area (Å²) >= 11 is 0. The average molecular weight is 1050 g/mol. The van der Waals surface area contributed by atoms with E-state index in [2.05, 4.69) is 25.0 Å². The van der Waals surface area contributed by atoms with Gasteiger partial charge in [0, 0.05) is 85.9 Å². The molecule has 23 heteroatoms. The molecular formula is C51H62ClF2N11O9. The van der Waals surface area contributed by atoms with E-state index in [0.29, 0.717) is 29.8 Å². The summed E-state index contributed by atoms with van der Waals surface area (Å²) in [6.45, 7) is 10.0. The average Bonchev–Trinajstić information content (AvgIpc) is 4.14. The van der Waals surface area contributed by atoms with E-state index in [9.17, 15) is 29.0 Å². The lowest BCUT2D eigenvalue weighted by Gasteiger charge is -2.37. The normalized spacial score (nSPS) is 18.7. The van der Waals surface area contributed by atoms with Gasteiger partial charge in [0.05, 0.1) is 37.2 Å². The number of esters is 1. The number of carbonyl (C=O) groups excluding carboxylic acids is 2. The first-order chi connectivity index (χ1) is 35.0. The van der Waals surface area contributed by atoms with E-state index in [1.807, 2.05) is 55.5 Å². The third kappa shape index (κ3) is 12.3. The second-order valence-corrected chi connectivity index (χ2v) is 18.5. The molecule has 7 atom stereocenters. The number of nitrogens with two attached hydrogens (primary N) is 1. The second-order valence-electron chi connectivity index (χ2n) is 18.5. The Labute approximate surface area is 432 Å². The Kier molecular flexibility index (Phi) is 17.7. The van der Waals surface area contributed by atoms with Crippen LogP contribution >= 0.6 is 0 Å². The summed E-state index contributed by atoms with van der Waals surface area (Å²) < 4.78 is 59.4. The molecule has 4 N–H and O–H groups in total. The van der Waals surface area contributed by atoms with Crippen molar-refractivity contribution >= 4 is 29.3 Å². The highest BCUT2D eigenvalue weighted by Crippen LogP contribution is 2.42. The van der Waals surface area contributed by atoms with Gasteiger partial charge in [0.2, 0.25) is 12.6 Å². The Morgan fingerprint density at radius 2 is 1.61 bits per heavy atom. The molecule has 0 bridgehead atoms. The highest BCUT2D eigenvalue weighted by Gasteiger charge is 2.46. The summed E-state index contributed by atoms with van der Waals surface area (Å²) in [5, 5.41) is 28.5. The zero-order valence-electron chi connectivity index (χ0n) is 41.8. The van der Waals surface area contributed by atoms with Crippen molar-refractivity contribution in [3.05, 3.63) is 137 Å². The van der Waals surface area contributed by atoms with Crippen molar-refractivity contribution in [1.82, 2.24) is 29.1 Å². The number of nitrogens with zero attached hydrogens (tertiary/aromatic N) is 10. The highest BCUT2D eigenvalue weighted by molar-refractivity contribution is 5.86. The van der Waals surface area contributed by atoms with E-state index in [-0.39, 0.29) is 61.8 Å². The Hall–Kier alpha value is -6.98. The van der Waals surface area contributed by atoms with Crippen LogP contribution in [0, 0.1) is 17.6 Å². The molecule has 3 aromatic carbocycles. The van der Waals surface area contributed by atoms with E-state index in [0.717, 1.165) is 48.5 Å². The summed E-state index contributed by atoms with van der Waals surface area (Å²) in [7, 11) is 1.45. The molecule has 20 nitrogen and oxygen atoms in total. The first kappa shape index (κ1) is 54.8. The molecule has 1 unspecified atom stereocenters. The number of piperazine rings is 1. The van der Waals surface area contributed by atoms with E-state index < -0.39 is 59.8 Å². The van der Waals surface area contributed by atoms with Gasteiger partial charge in [-0.2, -0.15) is 9.67 Å². The van der Waals surface area contributed by atoms with Gasteiger partial charge >= 0.3 is 17.8 Å². The fourth-order valence-corrected chi connectivity index (χ4v) is 9.19. The SMILES string of the molecule is CC[C@@H]([C@H](C)O)n1ncn(-c2ccc(N3CCN(c4ccc(OC[C@@H]5CO[C@@](Cn6c[n+](C(C)OC(=O)N(C)c7ncccc7COC(=O)[C@@H](N)[C@@H](C)O)cn6)(c6ccc(F)cc6F)C5)cc4)CC3)cc2)c1=O.[Cl-]. The fraction of sp³-hybridized carbons (Fsp3) is 0.431. The van der Waals surface area contributed by atoms with Gasteiger partial charge in [-0.15, -0.1) is 4.68 Å². The number of ether oxygens (including phenoxy) is 4. The maximum atomic E-state index is 15.6. The maximum absolute atomic E-state index is 15.6. The molecule has 396 valence electrons. The van der Waals surface area contributed by atoms with E-state index in [1.165, 1.54) is 54.2 Å². The molecule has 2 aliphatic rings. The fourth-order valence-electron chi connectivity index (χ4n) is 9.19. The van der Waals surface area contributed by atoms with Crippen LogP contribution in [0.2, 0.25) is 0 Å². The number of aliphatic hydroxyl groups excluding tert-OH is 2. The molecular weight excluding hydrogens is 984 g/mol. The van der Waals surface area contributed by atoms with Crippen molar-refractivity contribution in [3.63, 3.8) is 0 Å². The minimum atomic E-state index is -1.25. The largest absolute Gasteiger partial charge is 1.00 e. The van der Waals surface area contributed by atoms with Crippen LogP contribution in [0.1, 0.15) is 63.9 Å². The molecule has 2 fully saturated rings. The molecule has 74 heavy (non-hydrogen) atoms. The first-order valence-corrected chi connectivity index (χ1v) is 24.2. The quantitative estimate of drug-likeness (QED) is 0.0772. The number of carbonyl (C=O) groups is 2.